The van der Waals surface area contributed by atoms with E-state index in [0.717, 1.165) is 51.4 Å². The Hall–Kier alpha value is -0.960. The molecule has 0 bridgehead atoms. The maximum atomic E-state index is 12.6. The highest BCUT2D eigenvalue weighted by Crippen LogP contribution is 2.17. The molecule has 0 fully saturated rings. The summed E-state index contributed by atoms with van der Waals surface area (Å²) < 4.78 is 32.7. The number of allylic oxidation sites excluding steroid dienone is 2. The van der Waals surface area contributed by atoms with Crippen molar-refractivity contribution in [3.8, 4) is 0 Å². The summed E-state index contributed by atoms with van der Waals surface area (Å²) >= 11 is 0. The molecule has 8 heteroatoms. The highest BCUT2D eigenvalue weighted by molar-refractivity contribution is 7.85. The van der Waals surface area contributed by atoms with Gasteiger partial charge in [0.2, 0.25) is 5.91 Å². The molecule has 0 aliphatic carbocycles. The second-order valence-electron chi connectivity index (χ2n) is 16.2. The molecule has 0 spiro atoms. The van der Waals surface area contributed by atoms with Crippen molar-refractivity contribution in [1.29, 1.82) is 0 Å². The van der Waals surface area contributed by atoms with Gasteiger partial charge < -0.3 is 15.5 Å². The SMILES string of the molecule is CCCCCCCCCCCC/C=C\CCCCCCCCC(O)C(=O)NC(CS(=O)(=O)O)C(O)CCCCCCCCCCCCCCCCCC. The molecule has 0 aliphatic heterocycles. The van der Waals surface area contributed by atoms with Crippen LogP contribution >= 0.6 is 0 Å². The maximum absolute atomic E-state index is 12.6. The van der Waals surface area contributed by atoms with E-state index in [0.29, 0.717) is 19.3 Å². The van der Waals surface area contributed by atoms with Crippen LogP contribution in [0.3, 0.4) is 0 Å². The predicted molar refractivity (Wildman–Crippen MR) is 227 cm³/mol. The third kappa shape index (κ3) is 39.1. The molecule has 0 radical (unpaired) electrons. The third-order valence-corrected chi connectivity index (χ3v) is 11.6. The van der Waals surface area contributed by atoms with Crippen molar-refractivity contribution < 1.29 is 28.0 Å². The van der Waals surface area contributed by atoms with Crippen molar-refractivity contribution in [2.45, 2.75) is 263 Å². The summed E-state index contributed by atoms with van der Waals surface area (Å²) in [6.07, 6.45) is 45.1. The van der Waals surface area contributed by atoms with Crippen molar-refractivity contribution in [2.75, 3.05) is 5.75 Å². The summed E-state index contributed by atoms with van der Waals surface area (Å²) in [6, 6.07) is -1.15. The van der Waals surface area contributed by atoms with E-state index in [4.69, 9.17) is 0 Å². The Morgan fingerprint density at radius 3 is 1.13 bits per heavy atom. The van der Waals surface area contributed by atoms with Crippen LogP contribution < -0.4 is 5.32 Å². The number of hydrogen-bond acceptors (Lipinski definition) is 5. The van der Waals surface area contributed by atoms with E-state index in [1.807, 2.05) is 0 Å². The van der Waals surface area contributed by atoms with Crippen LogP contribution in [0.15, 0.2) is 12.2 Å². The smallest absolute Gasteiger partial charge is 0.266 e. The molecule has 0 aromatic carbocycles. The van der Waals surface area contributed by atoms with Gasteiger partial charge in [-0.15, -0.1) is 0 Å². The third-order valence-electron chi connectivity index (χ3n) is 10.8. The van der Waals surface area contributed by atoms with Gasteiger partial charge in [-0.3, -0.25) is 9.35 Å². The zero-order chi connectivity index (χ0) is 39.1. The largest absolute Gasteiger partial charge is 0.391 e. The average molecular weight is 772 g/mol. The van der Waals surface area contributed by atoms with E-state index in [2.05, 4.69) is 31.3 Å². The summed E-state index contributed by atoms with van der Waals surface area (Å²) in [5, 5.41) is 23.6. The molecule has 0 aromatic rings. The Morgan fingerprint density at radius 2 is 0.792 bits per heavy atom. The van der Waals surface area contributed by atoms with E-state index >= 15 is 0 Å². The lowest BCUT2D eigenvalue weighted by Crippen LogP contribution is -2.50. The first kappa shape index (κ1) is 52.0. The molecule has 0 heterocycles. The van der Waals surface area contributed by atoms with Crippen molar-refractivity contribution in [3.63, 3.8) is 0 Å². The van der Waals surface area contributed by atoms with Crippen molar-refractivity contribution >= 4 is 16.0 Å². The normalized spacial score (nSPS) is 13.8. The average Bonchev–Trinajstić information content (AvgIpc) is 3.12. The Balaban J connectivity index is 3.90. The van der Waals surface area contributed by atoms with Gasteiger partial charge in [-0.2, -0.15) is 8.42 Å². The van der Waals surface area contributed by atoms with Crippen LogP contribution in [0.1, 0.15) is 245 Å². The van der Waals surface area contributed by atoms with Crippen molar-refractivity contribution in [1.82, 2.24) is 5.32 Å². The van der Waals surface area contributed by atoms with E-state index in [1.165, 1.54) is 161 Å². The van der Waals surface area contributed by atoms with Crippen molar-refractivity contribution in [3.05, 3.63) is 12.2 Å². The molecular weight excluding hydrogens is 683 g/mol. The molecule has 0 saturated carbocycles. The molecule has 7 nitrogen and oxygen atoms in total. The number of amides is 1. The number of rotatable bonds is 42. The highest BCUT2D eigenvalue weighted by atomic mass is 32.2. The van der Waals surface area contributed by atoms with Crippen LogP contribution in [0.25, 0.3) is 0 Å². The van der Waals surface area contributed by atoms with Crippen LogP contribution in [-0.4, -0.2) is 53.1 Å². The lowest BCUT2D eigenvalue weighted by Gasteiger charge is -2.24. The van der Waals surface area contributed by atoms with Crippen LogP contribution in [0, 0.1) is 0 Å². The Bertz CT molecular complexity index is 911. The number of hydrogen-bond donors (Lipinski definition) is 4. The monoisotopic (exact) mass is 772 g/mol. The molecular formula is C45H89NO6S. The lowest BCUT2D eigenvalue weighted by molar-refractivity contribution is -0.131. The summed E-state index contributed by atoms with van der Waals surface area (Å²) in [5.41, 5.74) is 0. The molecule has 0 aromatic heterocycles. The predicted octanol–water partition coefficient (Wildman–Crippen LogP) is 12.7. The maximum Gasteiger partial charge on any atom is 0.266 e. The molecule has 3 unspecified atom stereocenters. The van der Waals surface area contributed by atoms with Gasteiger partial charge in [-0.05, 0) is 38.5 Å². The summed E-state index contributed by atoms with van der Waals surface area (Å²) in [7, 11) is -4.41. The van der Waals surface area contributed by atoms with Crippen molar-refractivity contribution in [2.24, 2.45) is 0 Å². The molecule has 1 amide bonds. The Morgan fingerprint density at radius 1 is 0.491 bits per heavy atom. The van der Waals surface area contributed by atoms with Crippen LogP contribution in [0.4, 0.5) is 0 Å². The number of carbonyl (C=O) groups excluding carboxylic acids is 1. The van der Waals surface area contributed by atoms with Gasteiger partial charge in [0.1, 0.15) is 6.10 Å². The topological polar surface area (TPSA) is 124 Å². The minimum Gasteiger partial charge on any atom is -0.391 e. The molecule has 3 atom stereocenters. The molecule has 0 saturated heterocycles. The second kappa shape index (κ2) is 39.3. The Kier molecular flexibility index (Phi) is 38.6. The van der Waals surface area contributed by atoms with E-state index in [1.54, 1.807) is 0 Å². The standard InChI is InChI=1S/C45H89NO6S/c1-3-5-7-9-11-13-15-17-19-21-22-23-24-26-28-30-32-34-36-38-40-44(48)45(49)46-42(41-53(50,51)52)43(47)39-37-35-33-31-29-27-25-20-18-16-14-12-10-8-6-4-2/h23-24,42-44,47-48H,3-22,25-41H2,1-2H3,(H,46,49)(H,50,51,52)/b24-23-. The fourth-order valence-electron chi connectivity index (χ4n) is 7.28. The van der Waals surface area contributed by atoms with Crippen LogP contribution in [0.5, 0.6) is 0 Å². The summed E-state index contributed by atoms with van der Waals surface area (Å²) in [6.45, 7) is 4.53. The van der Waals surface area contributed by atoms with Gasteiger partial charge in [0.05, 0.1) is 17.9 Å². The van der Waals surface area contributed by atoms with E-state index < -0.39 is 40.0 Å². The van der Waals surface area contributed by atoms with Gasteiger partial charge in [0.25, 0.3) is 10.1 Å². The van der Waals surface area contributed by atoms with Gasteiger partial charge in [-0.25, -0.2) is 0 Å². The van der Waals surface area contributed by atoms with Gasteiger partial charge in [-0.1, -0.05) is 219 Å². The van der Waals surface area contributed by atoms with Crippen LogP contribution in [0.2, 0.25) is 0 Å². The van der Waals surface area contributed by atoms with Gasteiger partial charge in [0, 0.05) is 0 Å². The fourth-order valence-corrected chi connectivity index (χ4v) is 8.04. The minimum absolute atomic E-state index is 0.293. The molecule has 53 heavy (non-hydrogen) atoms. The quantitative estimate of drug-likeness (QED) is 0.0278. The van der Waals surface area contributed by atoms with E-state index in [-0.39, 0.29) is 0 Å². The fraction of sp³-hybridized carbons (Fsp3) is 0.933. The summed E-state index contributed by atoms with van der Waals surface area (Å²) in [5.74, 6) is -1.45. The lowest BCUT2D eigenvalue weighted by atomic mass is 10.0. The zero-order valence-corrected chi connectivity index (χ0v) is 35.8. The zero-order valence-electron chi connectivity index (χ0n) is 35.0. The minimum atomic E-state index is -4.41. The molecule has 316 valence electrons. The number of nitrogens with one attached hydrogen (secondary N) is 1. The summed E-state index contributed by atoms with van der Waals surface area (Å²) in [4.78, 5) is 12.6. The number of carbonyl (C=O) groups is 1. The van der Waals surface area contributed by atoms with E-state index in [9.17, 15) is 28.0 Å². The number of aliphatic hydroxyl groups is 2. The van der Waals surface area contributed by atoms with Crippen LogP contribution in [-0.2, 0) is 14.9 Å². The first-order chi connectivity index (χ1) is 25.7. The highest BCUT2D eigenvalue weighted by Gasteiger charge is 2.28. The molecule has 0 aliphatic rings. The van der Waals surface area contributed by atoms with Gasteiger partial charge in [0.15, 0.2) is 0 Å². The second-order valence-corrected chi connectivity index (χ2v) is 17.7. The number of unbranched alkanes of at least 4 members (excludes halogenated alkanes) is 31. The number of aliphatic hydroxyl groups excluding tert-OH is 2. The first-order valence-electron chi connectivity index (χ1n) is 23.0. The first-order valence-corrected chi connectivity index (χ1v) is 24.6. The molecule has 4 N–H and O–H groups in total. The molecule has 0 rings (SSSR count). The van der Waals surface area contributed by atoms with Gasteiger partial charge >= 0.3 is 0 Å². The Labute approximate surface area is 329 Å².